The Balaban J connectivity index is 1.58. The van der Waals surface area contributed by atoms with E-state index >= 15 is 0 Å². The van der Waals surface area contributed by atoms with Crippen LogP contribution in [0.25, 0.3) is 0 Å². The summed E-state index contributed by atoms with van der Waals surface area (Å²) in [6.45, 7) is 6.09. The Labute approximate surface area is 162 Å². The van der Waals surface area contributed by atoms with Crippen LogP contribution in [0, 0.1) is 11.3 Å². The third kappa shape index (κ3) is 3.52. The van der Waals surface area contributed by atoms with Crippen molar-refractivity contribution in [2.24, 2.45) is 0 Å². The molecule has 0 aromatic heterocycles. The summed E-state index contributed by atoms with van der Waals surface area (Å²) >= 11 is 0. The predicted molar refractivity (Wildman–Crippen MR) is 111 cm³/mol. The summed E-state index contributed by atoms with van der Waals surface area (Å²) in [6.07, 6.45) is 19.2. The molecule has 0 atom stereocenters. The molecule has 1 saturated heterocycles. The quantitative estimate of drug-likeness (QED) is 0.592. The molecule has 0 aromatic rings. The molecule has 0 spiro atoms. The van der Waals surface area contributed by atoms with Gasteiger partial charge in [0.1, 0.15) is 8.24 Å². The highest BCUT2D eigenvalue weighted by atomic mass is 28.3. The minimum atomic E-state index is -1.41. The molecule has 4 aliphatic rings. The molecule has 26 heavy (non-hydrogen) atoms. The second-order valence-electron chi connectivity index (χ2n) is 9.57. The number of nitriles is 1. The molecule has 0 N–H and O–H groups in total. The van der Waals surface area contributed by atoms with E-state index in [2.05, 4.69) is 15.5 Å². The van der Waals surface area contributed by atoms with Gasteiger partial charge in [0.15, 0.2) is 0 Å². The minimum Gasteiger partial charge on any atom is -0.320 e. The number of piperazine rings is 1. The fourth-order valence-electron chi connectivity index (χ4n) is 7.51. The zero-order valence-electron chi connectivity index (χ0n) is 16.8. The van der Waals surface area contributed by atoms with E-state index in [9.17, 15) is 0 Å². The third-order valence-corrected chi connectivity index (χ3v) is 15.7. The number of hydrogen-bond donors (Lipinski definition) is 0. The van der Waals surface area contributed by atoms with Gasteiger partial charge in [0.05, 0.1) is 6.07 Å². The SMILES string of the molecule is N#CCCN1CCN([Si](C2CCCC2)(C2CCCC2)C2CCCC2)CC1. The van der Waals surface area contributed by atoms with E-state index in [4.69, 9.17) is 5.26 Å². The van der Waals surface area contributed by atoms with Crippen molar-refractivity contribution < 1.29 is 0 Å². The van der Waals surface area contributed by atoms with Crippen molar-refractivity contribution in [2.75, 3.05) is 32.7 Å². The number of rotatable bonds is 6. The first-order valence-electron chi connectivity index (χ1n) is 11.7. The predicted octanol–water partition coefficient (Wildman–Crippen LogP) is 5.30. The maximum absolute atomic E-state index is 8.93. The first kappa shape index (κ1) is 19.0. The van der Waals surface area contributed by atoms with E-state index in [1.54, 1.807) is 38.5 Å². The van der Waals surface area contributed by atoms with Gasteiger partial charge in [-0.25, -0.2) is 0 Å². The van der Waals surface area contributed by atoms with Crippen LogP contribution in [0.15, 0.2) is 0 Å². The van der Waals surface area contributed by atoms with E-state index in [0.29, 0.717) is 6.42 Å². The fraction of sp³-hybridized carbons (Fsp3) is 0.955. The first-order valence-corrected chi connectivity index (χ1v) is 13.9. The molecule has 0 unspecified atom stereocenters. The Hall–Kier alpha value is -0.373. The van der Waals surface area contributed by atoms with Crippen LogP contribution >= 0.6 is 0 Å². The van der Waals surface area contributed by atoms with E-state index in [0.717, 1.165) is 23.2 Å². The molecule has 146 valence electrons. The topological polar surface area (TPSA) is 30.3 Å². The standard InChI is InChI=1S/C22H39N3Si/c23-14-7-15-24-16-18-25(19-17-24)26(20-8-1-2-9-20,21-10-3-4-11-21)22-12-5-6-13-22/h20-22H,1-13,15-19H2. The highest BCUT2D eigenvalue weighted by Gasteiger charge is 2.57. The molecule has 4 fully saturated rings. The summed E-state index contributed by atoms with van der Waals surface area (Å²) in [7, 11) is -1.41. The summed E-state index contributed by atoms with van der Waals surface area (Å²) in [4.78, 5) is 2.57. The summed E-state index contributed by atoms with van der Waals surface area (Å²) in [5.74, 6) is 0. The highest BCUT2D eigenvalue weighted by Crippen LogP contribution is 2.59. The van der Waals surface area contributed by atoms with Crippen LogP contribution < -0.4 is 0 Å². The Kier molecular flexibility index (Phi) is 6.39. The molecule has 0 radical (unpaired) electrons. The monoisotopic (exact) mass is 373 g/mol. The van der Waals surface area contributed by atoms with Crippen molar-refractivity contribution in [3.05, 3.63) is 0 Å². The molecule has 3 saturated carbocycles. The summed E-state index contributed by atoms with van der Waals surface area (Å²) in [5, 5.41) is 8.93. The van der Waals surface area contributed by atoms with E-state index in [1.165, 1.54) is 64.7 Å². The van der Waals surface area contributed by atoms with Crippen LogP contribution in [0.2, 0.25) is 16.6 Å². The Morgan fingerprint density at radius 2 is 1.12 bits per heavy atom. The van der Waals surface area contributed by atoms with E-state index in [-0.39, 0.29) is 0 Å². The lowest BCUT2D eigenvalue weighted by Gasteiger charge is -2.56. The van der Waals surface area contributed by atoms with Crippen LogP contribution in [0.1, 0.15) is 83.5 Å². The fourth-order valence-corrected chi connectivity index (χ4v) is 16.0. The van der Waals surface area contributed by atoms with Gasteiger partial charge in [0, 0.05) is 39.1 Å². The molecule has 1 aliphatic heterocycles. The smallest absolute Gasteiger partial charge is 0.137 e. The van der Waals surface area contributed by atoms with Gasteiger partial charge in [-0.3, -0.25) is 4.90 Å². The molecule has 0 amide bonds. The molecule has 0 aromatic carbocycles. The van der Waals surface area contributed by atoms with Gasteiger partial charge in [0.25, 0.3) is 0 Å². The van der Waals surface area contributed by atoms with Crippen molar-refractivity contribution in [2.45, 2.75) is 100 Å². The molecular formula is C22H39N3Si. The molecule has 1 heterocycles. The molecule has 0 bridgehead atoms. The van der Waals surface area contributed by atoms with Gasteiger partial charge in [-0.2, -0.15) is 5.26 Å². The highest BCUT2D eigenvalue weighted by molar-refractivity contribution is 6.81. The number of hydrogen-bond acceptors (Lipinski definition) is 3. The zero-order chi connectivity index (χ0) is 17.8. The lowest BCUT2D eigenvalue weighted by Crippen LogP contribution is -2.66. The van der Waals surface area contributed by atoms with E-state index < -0.39 is 8.24 Å². The second-order valence-corrected chi connectivity index (χ2v) is 14.4. The van der Waals surface area contributed by atoms with Gasteiger partial charge >= 0.3 is 0 Å². The molecular weight excluding hydrogens is 334 g/mol. The van der Waals surface area contributed by atoms with Crippen LogP contribution in [0.4, 0.5) is 0 Å². The van der Waals surface area contributed by atoms with Crippen LogP contribution in [-0.2, 0) is 0 Å². The zero-order valence-corrected chi connectivity index (χ0v) is 17.8. The Morgan fingerprint density at radius 1 is 0.692 bits per heavy atom. The van der Waals surface area contributed by atoms with Gasteiger partial charge in [0.2, 0.25) is 0 Å². The lowest BCUT2D eigenvalue weighted by atomic mass is 10.3. The van der Waals surface area contributed by atoms with Crippen LogP contribution in [0.5, 0.6) is 0 Å². The maximum Gasteiger partial charge on any atom is 0.137 e. The normalized spacial score (nSPS) is 28.1. The lowest BCUT2D eigenvalue weighted by molar-refractivity contribution is 0.179. The largest absolute Gasteiger partial charge is 0.320 e. The van der Waals surface area contributed by atoms with Gasteiger partial charge in [-0.1, -0.05) is 77.0 Å². The van der Waals surface area contributed by atoms with Crippen molar-refractivity contribution in [3.63, 3.8) is 0 Å². The van der Waals surface area contributed by atoms with Crippen LogP contribution in [-0.4, -0.2) is 50.4 Å². The van der Waals surface area contributed by atoms with Gasteiger partial charge in [-0.05, 0) is 16.6 Å². The molecule has 4 rings (SSSR count). The third-order valence-electron chi connectivity index (χ3n) is 8.49. The van der Waals surface area contributed by atoms with Crippen molar-refractivity contribution in [1.82, 2.24) is 9.47 Å². The Morgan fingerprint density at radius 3 is 1.50 bits per heavy atom. The number of nitrogens with zero attached hydrogens (tertiary/aromatic N) is 3. The van der Waals surface area contributed by atoms with Crippen LogP contribution in [0.3, 0.4) is 0 Å². The Bertz CT molecular complexity index is 435. The molecule has 3 nitrogen and oxygen atoms in total. The summed E-state index contributed by atoms with van der Waals surface area (Å²) in [6, 6.07) is 2.34. The summed E-state index contributed by atoms with van der Waals surface area (Å²) < 4.78 is 3.18. The van der Waals surface area contributed by atoms with Crippen molar-refractivity contribution in [1.29, 1.82) is 5.26 Å². The van der Waals surface area contributed by atoms with Crippen molar-refractivity contribution in [3.8, 4) is 6.07 Å². The average molecular weight is 374 g/mol. The first-order chi connectivity index (χ1) is 12.9. The average Bonchev–Trinajstić information content (AvgIpc) is 3.45. The second kappa shape index (κ2) is 8.75. The molecule has 3 aliphatic carbocycles. The van der Waals surface area contributed by atoms with E-state index in [1.807, 2.05) is 0 Å². The summed E-state index contributed by atoms with van der Waals surface area (Å²) in [5.41, 5.74) is 3.33. The molecule has 4 heteroatoms. The maximum atomic E-state index is 8.93. The minimum absolute atomic E-state index is 0.705. The van der Waals surface area contributed by atoms with Crippen molar-refractivity contribution >= 4 is 8.24 Å². The van der Waals surface area contributed by atoms with Gasteiger partial charge in [-0.15, -0.1) is 0 Å². The van der Waals surface area contributed by atoms with Gasteiger partial charge < -0.3 is 4.57 Å².